The molecular formula is C31H33BrN2O6S. The first kappa shape index (κ1) is 29.3. The standard InChI is InChI=1S/C31H33BrN2O6S/c32-27-10-5-4-9-26(27)28-31(30(36)33-21-22-11-12-22,17-20-41(37,38)25-7-2-1-3-8-25)34-29(40-28)23-13-15-24(16-14-23)39-19-6-18-35/h1-5,7-10,13-16,22,28,35H,6,11-12,17-21H2,(H,33,36)/t28-,31-/m1/s1. The number of aliphatic imine (C=N–C) groups is 1. The Balaban J connectivity index is 1.53. The van der Waals surface area contributed by atoms with Crippen LogP contribution in [0.15, 0.2) is 93.2 Å². The summed E-state index contributed by atoms with van der Waals surface area (Å²) in [6.07, 6.45) is 1.70. The Bertz CT molecular complexity index is 1490. The van der Waals surface area contributed by atoms with E-state index in [1.807, 2.05) is 24.3 Å². The van der Waals surface area contributed by atoms with Crippen LogP contribution >= 0.6 is 15.9 Å². The van der Waals surface area contributed by atoms with Gasteiger partial charge in [0.15, 0.2) is 21.5 Å². The fraction of sp³-hybridized carbons (Fsp3) is 0.355. The zero-order chi connectivity index (χ0) is 28.9. The summed E-state index contributed by atoms with van der Waals surface area (Å²) in [6.45, 7) is 0.945. The van der Waals surface area contributed by atoms with Gasteiger partial charge >= 0.3 is 0 Å². The summed E-state index contributed by atoms with van der Waals surface area (Å²) in [7, 11) is -3.70. The van der Waals surface area contributed by atoms with Crippen LogP contribution in [-0.2, 0) is 19.4 Å². The molecule has 1 aliphatic carbocycles. The Morgan fingerprint density at radius 1 is 1.05 bits per heavy atom. The first-order valence-corrected chi connectivity index (χ1v) is 16.2. The van der Waals surface area contributed by atoms with Crippen molar-refractivity contribution in [2.75, 3.05) is 25.5 Å². The highest BCUT2D eigenvalue weighted by atomic mass is 79.9. The molecule has 1 aliphatic heterocycles. The van der Waals surface area contributed by atoms with Crippen molar-refractivity contribution in [3.63, 3.8) is 0 Å². The molecule has 0 radical (unpaired) electrons. The van der Waals surface area contributed by atoms with Gasteiger partial charge in [-0.25, -0.2) is 13.4 Å². The first-order valence-electron chi connectivity index (χ1n) is 13.7. The van der Waals surface area contributed by atoms with Gasteiger partial charge in [0.1, 0.15) is 5.75 Å². The van der Waals surface area contributed by atoms with E-state index in [0.29, 0.717) is 42.4 Å². The van der Waals surface area contributed by atoms with Crippen LogP contribution < -0.4 is 10.1 Å². The molecule has 41 heavy (non-hydrogen) atoms. The molecule has 5 rings (SSSR count). The second kappa shape index (κ2) is 12.8. The normalized spacial score (nSPS) is 20.2. The first-order chi connectivity index (χ1) is 19.8. The number of carbonyl (C=O) groups is 1. The maximum absolute atomic E-state index is 14.1. The summed E-state index contributed by atoms with van der Waals surface area (Å²) in [6, 6.07) is 22.8. The molecule has 1 fully saturated rings. The van der Waals surface area contributed by atoms with Crippen molar-refractivity contribution in [1.82, 2.24) is 5.32 Å². The van der Waals surface area contributed by atoms with Crippen molar-refractivity contribution >= 4 is 37.6 Å². The highest BCUT2D eigenvalue weighted by Gasteiger charge is 2.54. The molecule has 8 nitrogen and oxygen atoms in total. The van der Waals surface area contributed by atoms with Gasteiger partial charge in [-0.2, -0.15) is 0 Å². The van der Waals surface area contributed by atoms with Gasteiger partial charge in [-0.05, 0) is 61.2 Å². The number of benzene rings is 3. The second-order valence-electron chi connectivity index (χ2n) is 10.3. The van der Waals surface area contributed by atoms with E-state index in [2.05, 4.69) is 21.2 Å². The van der Waals surface area contributed by atoms with Gasteiger partial charge in [-0.1, -0.05) is 52.3 Å². The lowest BCUT2D eigenvalue weighted by Gasteiger charge is -2.31. The highest BCUT2D eigenvalue weighted by Crippen LogP contribution is 2.45. The molecule has 10 heteroatoms. The minimum atomic E-state index is -3.70. The van der Waals surface area contributed by atoms with Crippen LogP contribution in [0.2, 0.25) is 0 Å². The third-order valence-corrected chi connectivity index (χ3v) is 9.77. The van der Waals surface area contributed by atoms with E-state index in [9.17, 15) is 13.2 Å². The molecule has 2 atom stereocenters. The lowest BCUT2D eigenvalue weighted by Crippen LogP contribution is -2.49. The number of aliphatic hydroxyl groups excluding tert-OH is 1. The Morgan fingerprint density at radius 2 is 1.76 bits per heavy atom. The average Bonchev–Trinajstić information content (AvgIpc) is 3.74. The number of hydrogen-bond acceptors (Lipinski definition) is 7. The number of ether oxygens (including phenoxy) is 2. The van der Waals surface area contributed by atoms with E-state index in [1.54, 1.807) is 54.6 Å². The molecule has 216 valence electrons. The van der Waals surface area contributed by atoms with Gasteiger partial charge in [-0.3, -0.25) is 4.79 Å². The number of halogens is 1. The van der Waals surface area contributed by atoms with Crippen LogP contribution in [0, 0.1) is 5.92 Å². The lowest BCUT2D eigenvalue weighted by molar-refractivity contribution is -0.129. The molecule has 1 amide bonds. The molecule has 0 unspecified atom stereocenters. The van der Waals surface area contributed by atoms with Gasteiger partial charge in [0.2, 0.25) is 5.90 Å². The summed E-state index contributed by atoms with van der Waals surface area (Å²) >= 11 is 3.61. The summed E-state index contributed by atoms with van der Waals surface area (Å²) in [4.78, 5) is 19.2. The number of rotatable bonds is 13. The summed E-state index contributed by atoms with van der Waals surface area (Å²) in [5.74, 6) is 0.673. The van der Waals surface area contributed by atoms with Crippen LogP contribution in [0.4, 0.5) is 0 Å². The molecule has 1 heterocycles. The van der Waals surface area contributed by atoms with Crippen LogP contribution in [-0.4, -0.2) is 56.4 Å². The van der Waals surface area contributed by atoms with E-state index in [4.69, 9.17) is 19.6 Å². The van der Waals surface area contributed by atoms with Crippen molar-refractivity contribution in [1.29, 1.82) is 0 Å². The average molecular weight is 642 g/mol. The third-order valence-electron chi connectivity index (χ3n) is 7.32. The molecule has 3 aromatic carbocycles. The monoisotopic (exact) mass is 640 g/mol. The van der Waals surface area contributed by atoms with Crippen LogP contribution in [0.25, 0.3) is 0 Å². The fourth-order valence-corrected chi connectivity index (χ4v) is 6.66. The summed E-state index contributed by atoms with van der Waals surface area (Å²) < 4.78 is 39.6. The molecule has 2 aliphatic rings. The SMILES string of the molecule is O=C(NCC1CC1)[C@]1(CCS(=O)(=O)c2ccccc2)N=C(c2ccc(OCCCO)cc2)O[C@@H]1c1ccccc1Br. The number of nitrogens with zero attached hydrogens (tertiary/aromatic N) is 1. The van der Waals surface area contributed by atoms with E-state index < -0.39 is 21.5 Å². The zero-order valence-electron chi connectivity index (χ0n) is 22.5. The third kappa shape index (κ3) is 6.82. The van der Waals surface area contributed by atoms with Crippen molar-refractivity contribution in [3.8, 4) is 5.75 Å². The van der Waals surface area contributed by atoms with Crippen molar-refractivity contribution in [2.45, 2.75) is 42.2 Å². The number of hydrogen-bond donors (Lipinski definition) is 2. The molecule has 0 spiro atoms. The quantitative estimate of drug-likeness (QED) is 0.258. The smallest absolute Gasteiger partial charge is 0.252 e. The molecule has 0 aromatic heterocycles. The van der Waals surface area contributed by atoms with Crippen LogP contribution in [0.3, 0.4) is 0 Å². The number of aliphatic hydroxyl groups is 1. The Morgan fingerprint density at radius 3 is 2.44 bits per heavy atom. The molecule has 3 aromatic rings. The molecule has 0 bridgehead atoms. The Labute approximate surface area is 248 Å². The van der Waals surface area contributed by atoms with E-state index in [0.717, 1.165) is 17.3 Å². The molecule has 1 saturated carbocycles. The second-order valence-corrected chi connectivity index (χ2v) is 13.3. The summed E-state index contributed by atoms with van der Waals surface area (Å²) in [5, 5.41) is 12.1. The topological polar surface area (TPSA) is 114 Å². The van der Waals surface area contributed by atoms with Gasteiger partial charge in [-0.15, -0.1) is 0 Å². The van der Waals surface area contributed by atoms with Crippen molar-refractivity contribution in [3.05, 3.63) is 94.5 Å². The molecule has 2 N–H and O–H groups in total. The van der Waals surface area contributed by atoms with Crippen molar-refractivity contribution < 1.29 is 27.8 Å². The fourth-order valence-electron chi connectivity index (χ4n) is 4.78. The molecular weight excluding hydrogens is 608 g/mol. The largest absolute Gasteiger partial charge is 0.494 e. The Kier molecular flexibility index (Phi) is 9.11. The lowest BCUT2D eigenvalue weighted by atomic mass is 9.85. The minimum Gasteiger partial charge on any atom is -0.494 e. The van der Waals surface area contributed by atoms with E-state index in [1.165, 1.54) is 0 Å². The number of amides is 1. The van der Waals surface area contributed by atoms with Gasteiger partial charge in [0, 0.05) is 41.6 Å². The molecule has 0 saturated heterocycles. The number of sulfone groups is 1. The van der Waals surface area contributed by atoms with Gasteiger partial charge in [0.25, 0.3) is 5.91 Å². The van der Waals surface area contributed by atoms with E-state index >= 15 is 0 Å². The number of nitrogens with one attached hydrogen (secondary N) is 1. The number of carbonyl (C=O) groups excluding carboxylic acids is 1. The Hall–Kier alpha value is -3.21. The van der Waals surface area contributed by atoms with E-state index in [-0.39, 0.29) is 35.5 Å². The van der Waals surface area contributed by atoms with Crippen molar-refractivity contribution in [2.24, 2.45) is 10.9 Å². The zero-order valence-corrected chi connectivity index (χ0v) is 24.9. The minimum absolute atomic E-state index is 0.0457. The van der Waals surface area contributed by atoms with Crippen LogP contribution in [0.1, 0.15) is 42.9 Å². The maximum atomic E-state index is 14.1. The maximum Gasteiger partial charge on any atom is 0.252 e. The summed E-state index contributed by atoms with van der Waals surface area (Å²) in [5.41, 5.74) is -0.181. The predicted octanol–water partition coefficient (Wildman–Crippen LogP) is 4.86. The highest BCUT2D eigenvalue weighted by molar-refractivity contribution is 9.10. The van der Waals surface area contributed by atoms with Gasteiger partial charge < -0.3 is 19.9 Å². The predicted molar refractivity (Wildman–Crippen MR) is 160 cm³/mol. The van der Waals surface area contributed by atoms with Crippen LogP contribution in [0.5, 0.6) is 5.75 Å². The van der Waals surface area contributed by atoms with Gasteiger partial charge in [0.05, 0.1) is 17.3 Å².